The zero-order chi connectivity index (χ0) is 21.1. The van der Waals surface area contributed by atoms with Gasteiger partial charge in [0.15, 0.2) is 0 Å². The minimum atomic E-state index is -3.51. The molecule has 0 amide bonds. The molecule has 4 rings (SSSR count). The minimum absolute atomic E-state index is 0.104. The van der Waals surface area contributed by atoms with Gasteiger partial charge in [-0.05, 0) is 55.9 Å². The molecule has 2 aliphatic rings. The van der Waals surface area contributed by atoms with Gasteiger partial charge < -0.3 is 14.5 Å². The van der Waals surface area contributed by atoms with Crippen molar-refractivity contribution in [1.82, 2.24) is 9.29 Å². The van der Waals surface area contributed by atoms with E-state index in [0.717, 1.165) is 32.3 Å². The van der Waals surface area contributed by atoms with Crippen molar-refractivity contribution < 1.29 is 17.6 Å². The van der Waals surface area contributed by atoms with Crippen molar-refractivity contribution in [1.29, 1.82) is 5.26 Å². The second-order valence-corrected chi connectivity index (χ2v) is 9.87. The quantitative estimate of drug-likeness (QED) is 0.749. The molecule has 1 aromatic carbocycles. The molecule has 1 atom stereocenters. The van der Waals surface area contributed by atoms with Crippen LogP contribution in [0.4, 0.5) is 5.88 Å². The summed E-state index contributed by atoms with van der Waals surface area (Å²) in [5.74, 6) is 1.14. The van der Waals surface area contributed by atoms with Crippen LogP contribution in [0.3, 0.4) is 0 Å². The van der Waals surface area contributed by atoms with Crippen LogP contribution >= 0.6 is 0 Å². The van der Waals surface area contributed by atoms with E-state index in [1.807, 2.05) is 6.07 Å². The number of sulfonamides is 1. The molecule has 0 bridgehead atoms. The first-order valence-corrected chi connectivity index (χ1v) is 11.8. The van der Waals surface area contributed by atoms with Crippen LogP contribution in [0.15, 0.2) is 33.6 Å². The maximum Gasteiger partial charge on any atom is 0.243 e. The van der Waals surface area contributed by atoms with Crippen LogP contribution in [0.2, 0.25) is 0 Å². The number of nitrogens with one attached hydrogen (secondary N) is 1. The molecule has 0 aliphatic carbocycles. The van der Waals surface area contributed by atoms with E-state index in [-0.39, 0.29) is 22.6 Å². The number of hydrogen-bond acceptors (Lipinski definition) is 7. The van der Waals surface area contributed by atoms with E-state index < -0.39 is 10.0 Å². The van der Waals surface area contributed by atoms with E-state index in [1.54, 1.807) is 28.6 Å². The Bertz CT molecular complexity index is 1010. The molecule has 30 heavy (non-hydrogen) atoms. The first-order valence-electron chi connectivity index (χ1n) is 10.3. The normalized spacial score (nSPS) is 20.9. The van der Waals surface area contributed by atoms with E-state index >= 15 is 0 Å². The molecule has 0 spiro atoms. The molecule has 2 saturated heterocycles. The first kappa shape index (κ1) is 20.8. The van der Waals surface area contributed by atoms with Crippen molar-refractivity contribution in [3.05, 3.63) is 30.0 Å². The molecule has 0 unspecified atom stereocenters. The van der Waals surface area contributed by atoms with E-state index in [1.165, 1.54) is 0 Å². The van der Waals surface area contributed by atoms with Crippen molar-refractivity contribution in [3.63, 3.8) is 0 Å². The molecule has 3 heterocycles. The van der Waals surface area contributed by atoms with E-state index in [2.05, 4.69) is 17.2 Å². The zero-order valence-corrected chi connectivity index (χ0v) is 17.8. The highest BCUT2D eigenvalue weighted by molar-refractivity contribution is 7.89. The van der Waals surface area contributed by atoms with Gasteiger partial charge in [-0.25, -0.2) is 8.42 Å². The van der Waals surface area contributed by atoms with Crippen LogP contribution in [-0.4, -0.2) is 50.1 Å². The summed E-state index contributed by atoms with van der Waals surface area (Å²) in [4.78, 5) is 4.50. The van der Waals surface area contributed by atoms with Crippen molar-refractivity contribution in [2.45, 2.75) is 43.6 Å². The third kappa shape index (κ3) is 4.36. The van der Waals surface area contributed by atoms with Gasteiger partial charge in [0, 0.05) is 31.8 Å². The number of ether oxygens (including phenoxy) is 1. The highest BCUT2D eigenvalue weighted by Crippen LogP contribution is 2.28. The summed E-state index contributed by atoms with van der Waals surface area (Å²) < 4.78 is 38.6. The highest BCUT2D eigenvalue weighted by Gasteiger charge is 2.28. The maximum atomic E-state index is 12.9. The van der Waals surface area contributed by atoms with E-state index in [0.29, 0.717) is 37.0 Å². The van der Waals surface area contributed by atoms with Crippen LogP contribution in [-0.2, 0) is 14.8 Å². The summed E-state index contributed by atoms with van der Waals surface area (Å²) in [5, 5.41) is 12.5. The monoisotopic (exact) mass is 430 g/mol. The topological polar surface area (TPSA) is 108 Å². The van der Waals surface area contributed by atoms with Gasteiger partial charge in [-0.15, -0.1) is 0 Å². The number of benzene rings is 1. The predicted molar refractivity (Wildman–Crippen MR) is 111 cm³/mol. The molecular formula is C21H26N4O4S. The Morgan fingerprint density at radius 2 is 1.97 bits per heavy atom. The van der Waals surface area contributed by atoms with Crippen LogP contribution in [0.5, 0.6) is 0 Å². The van der Waals surface area contributed by atoms with Gasteiger partial charge in [-0.3, -0.25) is 0 Å². The largest absolute Gasteiger partial charge is 0.419 e. The lowest BCUT2D eigenvalue weighted by molar-refractivity contribution is 0.120. The fourth-order valence-corrected chi connectivity index (χ4v) is 5.26. The van der Waals surface area contributed by atoms with E-state index in [9.17, 15) is 13.7 Å². The van der Waals surface area contributed by atoms with Gasteiger partial charge in [-0.1, -0.05) is 6.92 Å². The van der Waals surface area contributed by atoms with Crippen molar-refractivity contribution in [3.8, 4) is 17.5 Å². The van der Waals surface area contributed by atoms with Gasteiger partial charge in [0.2, 0.25) is 27.5 Å². The first-order chi connectivity index (χ1) is 14.5. The second-order valence-electron chi connectivity index (χ2n) is 7.94. The third-order valence-corrected chi connectivity index (χ3v) is 7.64. The Hall–Kier alpha value is -2.41. The fraction of sp³-hybridized carbons (Fsp3) is 0.524. The van der Waals surface area contributed by atoms with E-state index in [4.69, 9.17) is 9.15 Å². The standard InChI is InChI=1S/C21H26N4O4S/c1-15-8-10-25(11-9-15)30(26,27)18-6-4-16(5-7-18)20-24-19(13-22)21(29-20)23-14-17-3-2-12-28-17/h4-7,15,17,23H,2-3,8-12,14H2,1H3/t17-/m1/s1. The molecule has 2 aliphatic heterocycles. The molecule has 160 valence electrons. The molecule has 8 nitrogen and oxygen atoms in total. The van der Waals surface area contributed by atoms with Crippen molar-refractivity contribution in [2.24, 2.45) is 5.92 Å². The molecular weight excluding hydrogens is 404 g/mol. The number of nitriles is 1. The predicted octanol–water partition coefficient (Wildman–Crippen LogP) is 3.22. The fourth-order valence-electron chi connectivity index (χ4n) is 3.79. The Labute approximate surface area is 176 Å². The number of nitrogens with zero attached hydrogens (tertiary/aromatic N) is 3. The lowest BCUT2D eigenvalue weighted by Gasteiger charge is -2.29. The van der Waals surface area contributed by atoms with Gasteiger partial charge in [0.05, 0.1) is 11.0 Å². The maximum absolute atomic E-state index is 12.9. The van der Waals surface area contributed by atoms with Gasteiger partial charge in [-0.2, -0.15) is 14.6 Å². The number of piperidine rings is 1. The van der Waals surface area contributed by atoms with Crippen LogP contribution in [0, 0.1) is 17.2 Å². The summed E-state index contributed by atoms with van der Waals surface area (Å²) in [7, 11) is -3.51. The summed E-state index contributed by atoms with van der Waals surface area (Å²) in [6, 6.07) is 8.49. The number of hydrogen-bond donors (Lipinski definition) is 1. The van der Waals surface area contributed by atoms with Crippen molar-refractivity contribution >= 4 is 15.9 Å². The number of aromatic nitrogens is 1. The average molecular weight is 431 g/mol. The summed E-state index contributed by atoms with van der Waals surface area (Å²) >= 11 is 0. The smallest absolute Gasteiger partial charge is 0.243 e. The number of anilines is 1. The van der Waals surface area contributed by atoms with Gasteiger partial charge >= 0.3 is 0 Å². The molecule has 2 aromatic rings. The molecule has 9 heteroatoms. The second kappa shape index (κ2) is 8.76. The Morgan fingerprint density at radius 3 is 2.60 bits per heavy atom. The Balaban J connectivity index is 1.49. The summed E-state index contributed by atoms with van der Waals surface area (Å²) in [6.07, 6.45) is 3.87. The summed E-state index contributed by atoms with van der Waals surface area (Å²) in [5.41, 5.74) is 0.782. The zero-order valence-electron chi connectivity index (χ0n) is 17.0. The lowest BCUT2D eigenvalue weighted by Crippen LogP contribution is -2.37. The Morgan fingerprint density at radius 1 is 1.23 bits per heavy atom. The molecule has 0 radical (unpaired) electrons. The average Bonchev–Trinajstić information content (AvgIpc) is 3.42. The van der Waals surface area contributed by atoms with Crippen molar-refractivity contribution in [2.75, 3.05) is 31.6 Å². The lowest BCUT2D eigenvalue weighted by atomic mass is 10.0. The third-order valence-electron chi connectivity index (χ3n) is 5.73. The molecule has 2 fully saturated rings. The molecule has 1 aromatic heterocycles. The van der Waals surface area contributed by atoms with Gasteiger partial charge in [0.1, 0.15) is 6.07 Å². The Kier molecular flexibility index (Phi) is 6.09. The molecule has 0 saturated carbocycles. The number of rotatable bonds is 6. The molecule has 1 N–H and O–H groups in total. The minimum Gasteiger partial charge on any atom is -0.419 e. The number of oxazole rings is 1. The highest BCUT2D eigenvalue weighted by atomic mass is 32.2. The van der Waals surface area contributed by atoms with Gasteiger partial charge in [0.25, 0.3) is 0 Å². The van der Waals surface area contributed by atoms with Crippen LogP contribution in [0.1, 0.15) is 38.3 Å². The SMILES string of the molecule is CC1CCN(S(=O)(=O)c2ccc(-c3nc(C#N)c(NC[C@H]4CCCO4)o3)cc2)CC1. The van der Waals surface area contributed by atoms with Crippen LogP contribution in [0.25, 0.3) is 11.5 Å². The van der Waals surface area contributed by atoms with Crippen LogP contribution < -0.4 is 5.32 Å². The summed E-state index contributed by atoms with van der Waals surface area (Å²) in [6.45, 7) is 4.56.